The average Bonchev–Trinajstić information content (AvgIpc) is 3.33. The van der Waals surface area contributed by atoms with E-state index in [1.165, 1.54) is 6.07 Å². The number of amides is 1. The molecule has 2 aliphatic heterocycles. The van der Waals surface area contributed by atoms with E-state index in [4.69, 9.17) is 18.4 Å². The fourth-order valence-corrected chi connectivity index (χ4v) is 7.37. The minimum atomic E-state index is -1.87. The van der Waals surface area contributed by atoms with Crippen LogP contribution < -0.4 is 14.8 Å². The van der Waals surface area contributed by atoms with Crippen molar-refractivity contribution in [3.63, 3.8) is 0 Å². The van der Waals surface area contributed by atoms with Crippen LogP contribution in [0.3, 0.4) is 0 Å². The number of aliphatic hydroxyl groups is 2. The Balaban J connectivity index is 0.000000196. The van der Waals surface area contributed by atoms with Gasteiger partial charge in [0.15, 0.2) is 11.6 Å². The number of carbonyl (C=O) groups is 2. The van der Waals surface area contributed by atoms with E-state index in [0.717, 1.165) is 54.7 Å². The molecule has 2 unspecified atom stereocenters. The number of carboxylic acid groups (broad SMARTS) is 1. The molecular formula is C50H59N6O7P. The van der Waals surface area contributed by atoms with Crippen LogP contribution in [0.15, 0.2) is 134 Å². The zero-order chi connectivity index (χ0) is 48.3. The minimum absolute atomic E-state index is 0.0402. The van der Waals surface area contributed by atoms with Gasteiger partial charge < -0.3 is 35.0 Å². The molecule has 4 aromatic carbocycles. The molecule has 0 aliphatic carbocycles. The molecule has 2 saturated heterocycles. The highest BCUT2D eigenvalue weighted by Crippen LogP contribution is 2.29. The number of carboxylic acids is 1. The summed E-state index contributed by atoms with van der Waals surface area (Å²) in [4.78, 5) is 43.0. The molecule has 0 saturated carbocycles. The number of benzene rings is 4. The van der Waals surface area contributed by atoms with Gasteiger partial charge in [0.05, 0.1) is 33.7 Å². The first-order valence-electron chi connectivity index (χ1n) is 22.7. The molecule has 2 fully saturated rings. The second-order valence-electron chi connectivity index (χ2n) is 15.8. The zero-order valence-corrected chi connectivity index (χ0v) is 37.5. The molecule has 336 valence electrons. The summed E-state index contributed by atoms with van der Waals surface area (Å²) in [7, 11) is -1.87. The Bertz CT molecular complexity index is 2450. The van der Waals surface area contributed by atoms with Gasteiger partial charge in [0.2, 0.25) is 0 Å². The van der Waals surface area contributed by atoms with E-state index in [0.29, 0.717) is 41.1 Å². The predicted molar refractivity (Wildman–Crippen MR) is 252 cm³/mol. The predicted octanol–water partition coefficient (Wildman–Crippen LogP) is 8.43. The van der Waals surface area contributed by atoms with Crippen LogP contribution in [-0.4, -0.2) is 93.2 Å². The van der Waals surface area contributed by atoms with E-state index in [2.05, 4.69) is 39.1 Å². The number of ether oxygens (including phenoxy) is 2. The fraction of sp³-hybridized carbons (Fsp3) is 0.320. The summed E-state index contributed by atoms with van der Waals surface area (Å²) < 4.78 is 30.1. The lowest BCUT2D eigenvalue weighted by atomic mass is 9.98. The van der Waals surface area contributed by atoms with Gasteiger partial charge in [-0.25, -0.2) is 24.7 Å². The largest absolute Gasteiger partial charge is 0.489 e. The van der Waals surface area contributed by atoms with Crippen LogP contribution >= 0.6 is 9.73 Å². The molecule has 0 spiro atoms. The second-order valence-corrected chi connectivity index (χ2v) is 15.8. The van der Waals surface area contributed by atoms with E-state index in [-0.39, 0.29) is 29.7 Å². The number of hydrogen-bond donors (Lipinski definition) is 4. The van der Waals surface area contributed by atoms with E-state index in [1.54, 1.807) is 69.0 Å². The van der Waals surface area contributed by atoms with E-state index in [9.17, 15) is 19.8 Å². The van der Waals surface area contributed by atoms with Crippen molar-refractivity contribution in [3.05, 3.63) is 156 Å². The van der Waals surface area contributed by atoms with Gasteiger partial charge in [-0.2, -0.15) is 9.73 Å². The summed E-state index contributed by atoms with van der Waals surface area (Å²) in [5.41, 5.74) is 3.78. The number of aromatic carboxylic acids is 1. The van der Waals surface area contributed by atoms with Crippen molar-refractivity contribution in [1.29, 1.82) is 3.84 Å². The van der Waals surface area contributed by atoms with Crippen molar-refractivity contribution in [2.45, 2.75) is 89.9 Å². The van der Waals surface area contributed by atoms with Crippen LogP contribution in [0.1, 0.15) is 97.4 Å². The highest BCUT2D eigenvalue weighted by atomic mass is 31.0. The summed E-state index contributed by atoms with van der Waals surface area (Å²) in [6, 6.07) is 33.5. The molecule has 0 radical (unpaired) electrons. The van der Waals surface area contributed by atoms with Crippen LogP contribution in [0.2, 0.25) is 0 Å². The Kier molecular flexibility index (Phi) is 16.7. The number of rotatable bonds is 10. The first kappa shape index (κ1) is 44.5. The van der Waals surface area contributed by atoms with Gasteiger partial charge in [0.25, 0.3) is 5.91 Å². The molecule has 13 nitrogen and oxygen atoms in total. The highest BCUT2D eigenvalue weighted by molar-refractivity contribution is 6.92. The number of hydrogen-bond acceptors (Lipinski definition) is 11. The first-order chi connectivity index (χ1) is 32.2. The van der Waals surface area contributed by atoms with E-state index >= 15 is 0 Å². The van der Waals surface area contributed by atoms with Gasteiger partial charge in [-0.3, -0.25) is 4.79 Å². The third kappa shape index (κ3) is 13.7. The Hall–Kier alpha value is -6.11. The summed E-state index contributed by atoms with van der Waals surface area (Å²) in [5.74, 6) is 1.52. The van der Waals surface area contributed by atoms with E-state index < -0.39 is 27.9 Å². The topological polar surface area (TPSA) is 180 Å². The quantitative estimate of drug-likeness (QED) is 0.0966. The van der Waals surface area contributed by atoms with Gasteiger partial charge in [0, 0.05) is 54.5 Å². The maximum Gasteiger partial charge on any atom is 0.336 e. The molecule has 64 heavy (non-hydrogen) atoms. The third-order valence-electron chi connectivity index (χ3n) is 10.9. The Labute approximate surface area is 382 Å². The molecule has 2 aliphatic rings. The molecule has 2 aromatic heterocycles. The van der Waals surface area contributed by atoms with Crippen molar-refractivity contribution in [3.8, 4) is 34.3 Å². The lowest BCUT2D eigenvalue weighted by Gasteiger charge is -2.38. The second kappa shape index (κ2) is 24.1. The third-order valence-corrected chi connectivity index (χ3v) is 10.9. The van der Waals surface area contributed by atoms with Gasteiger partial charge in [-0.05, 0) is 113 Å². The Morgan fingerprint density at radius 3 is 1.67 bits per heavy atom. The van der Waals surface area contributed by atoms with Crippen molar-refractivity contribution >= 4 is 21.6 Å². The van der Waals surface area contributed by atoms with Crippen molar-refractivity contribution in [1.82, 2.24) is 30.2 Å². The van der Waals surface area contributed by atoms with E-state index in [1.807, 2.05) is 77.7 Å². The maximum atomic E-state index is 13.5. The smallest absolute Gasteiger partial charge is 0.336 e. The molecule has 8 rings (SSSR count). The summed E-state index contributed by atoms with van der Waals surface area (Å²) in [6.45, 7) is 9.18. The normalized spacial score (nSPS) is 19.5. The molecule has 4 heterocycles. The number of nitrogens with zero attached hydrogens (tertiary/aromatic N) is 5. The van der Waals surface area contributed by atoms with Crippen LogP contribution in [-0.2, 0) is 0 Å². The summed E-state index contributed by atoms with van der Waals surface area (Å²) in [6.07, 6.45) is 9.64. The molecule has 1 amide bonds. The molecular weight excluding hydrogens is 828 g/mol. The van der Waals surface area contributed by atoms with Crippen molar-refractivity contribution in [2.24, 2.45) is 0 Å². The van der Waals surface area contributed by atoms with Gasteiger partial charge in [-0.15, -0.1) is 0 Å². The van der Waals surface area contributed by atoms with Crippen LogP contribution in [0, 0.1) is 0 Å². The Morgan fingerprint density at radius 1 is 0.688 bits per heavy atom. The summed E-state index contributed by atoms with van der Waals surface area (Å²) >= 11 is 0. The standard InChI is InChI=1S/C25H27N3O3.C14H21NO2.C11H8N2O2.H3P/c1-17-11-12-21(31-20-8-5-7-19(15-20)18(2)29)16-28(17)25(30)23-10-4-3-9-22(23)24-26-13-6-14-27-24;1-10-6-7-14(9-15-10)17-13-5-3-4-12(8-13)11(2)16;14-11(15)9-5-2-1-4-8(9)10-12-6-3-7-13-10;/h3-10,13-15,17-18,21,29H,11-12,16H2,1-2H3;3-5,8,10-11,14-16H,6-7,9H2,1-2H3;1-7H,(H,14,15);1H3/t17-,18?,21-;10-,11?,14-;;/m11../s1/i;;;1T3. The number of carbonyl (C=O) groups excluding carboxylic acids is 1. The molecule has 6 aromatic rings. The number of likely N-dealkylation sites (tertiary alicyclic amines) is 1. The number of aromatic nitrogens is 4. The Morgan fingerprint density at radius 2 is 1.17 bits per heavy atom. The van der Waals surface area contributed by atoms with Crippen LogP contribution in [0.25, 0.3) is 22.8 Å². The number of aliphatic hydroxyl groups excluding tert-OH is 2. The monoisotopic (exact) mass is 892 g/mol. The minimum Gasteiger partial charge on any atom is -0.489 e. The van der Waals surface area contributed by atoms with Gasteiger partial charge in [-0.1, -0.05) is 60.7 Å². The SMILES string of the molecule is CC(O)c1cccc(O[C@@H]2CC[C@@H](C)N(C(=O)c3ccccc3-c3ncccn3)C2)c1.CC(O)c1cccc(O[C@@H]2CC[C@@H](C)NC2)c1.O=C(O)c1ccccc1-c1ncccn1.[3H]P([3H])[3H]. The van der Waals surface area contributed by atoms with Crippen LogP contribution in [0.4, 0.5) is 0 Å². The number of nitrogens with one attached hydrogen (secondary N) is 1. The molecule has 0 bridgehead atoms. The average molecular weight is 893 g/mol. The van der Waals surface area contributed by atoms with Gasteiger partial charge in [0.1, 0.15) is 23.7 Å². The maximum absolute atomic E-state index is 13.5. The summed E-state index contributed by atoms with van der Waals surface area (Å²) in [5, 5.41) is 31.7. The van der Waals surface area contributed by atoms with Gasteiger partial charge >= 0.3 is 5.97 Å². The lowest BCUT2D eigenvalue weighted by molar-refractivity contribution is 0.0384. The lowest BCUT2D eigenvalue weighted by Crippen LogP contribution is -2.49. The molecule has 14 heteroatoms. The highest BCUT2D eigenvalue weighted by Gasteiger charge is 2.32. The first-order valence-corrected chi connectivity index (χ1v) is 21.4. The molecule has 4 N–H and O–H groups in total. The van der Waals surface area contributed by atoms with Crippen LogP contribution in [0.5, 0.6) is 11.5 Å². The fourth-order valence-electron chi connectivity index (χ4n) is 7.37. The zero-order valence-electron chi connectivity index (χ0n) is 39.6. The number of piperidine rings is 2. The van der Waals surface area contributed by atoms with Crippen molar-refractivity contribution < 1.29 is 34.4 Å². The molecule has 6 atom stereocenters. The van der Waals surface area contributed by atoms with Crippen molar-refractivity contribution in [2.75, 3.05) is 13.1 Å².